The van der Waals surface area contributed by atoms with E-state index in [4.69, 9.17) is 46.4 Å². The van der Waals surface area contributed by atoms with Gasteiger partial charge < -0.3 is 10.2 Å². The number of hydrogen-bond donors (Lipinski definition) is 3. The monoisotopic (exact) mass is 492 g/mol. The van der Waals surface area contributed by atoms with E-state index < -0.39 is 26.4 Å². The highest BCUT2D eigenvalue weighted by atomic mass is 35.5. The van der Waals surface area contributed by atoms with Gasteiger partial charge in [-0.05, 0) is 35.9 Å². The van der Waals surface area contributed by atoms with Gasteiger partial charge >= 0.3 is 0 Å². The van der Waals surface area contributed by atoms with Gasteiger partial charge in [0.1, 0.15) is 11.5 Å². The van der Waals surface area contributed by atoms with Crippen LogP contribution in [-0.4, -0.2) is 23.2 Å². The smallest absolute Gasteiger partial charge is 0.283 e. The lowest BCUT2D eigenvalue weighted by Crippen LogP contribution is -2.38. The van der Waals surface area contributed by atoms with E-state index in [2.05, 4.69) is 0 Å². The van der Waals surface area contributed by atoms with Gasteiger partial charge in [0.15, 0.2) is 4.75 Å². The fourth-order valence-electron chi connectivity index (χ4n) is 3.22. The van der Waals surface area contributed by atoms with Crippen molar-refractivity contribution in [2.75, 3.05) is 0 Å². The minimum absolute atomic E-state index is 0.0805. The quantitative estimate of drug-likeness (QED) is 0.311. The van der Waals surface area contributed by atoms with Crippen LogP contribution in [0.25, 0.3) is 0 Å². The van der Waals surface area contributed by atoms with Crippen molar-refractivity contribution in [2.45, 2.75) is 4.75 Å². The van der Waals surface area contributed by atoms with E-state index in [0.717, 1.165) is 12.1 Å². The molecule has 3 N–H and O–H groups in total. The molecule has 1 atom stereocenters. The summed E-state index contributed by atoms with van der Waals surface area (Å²) in [6, 6.07) is 11.5. The molecule has 0 bridgehead atoms. The molecule has 0 fully saturated rings. The highest BCUT2D eigenvalue weighted by molar-refractivity contribution is 7.87. The minimum Gasteiger partial charge on any atom is -0.508 e. The molecule has 0 amide bonds. The predicted octanol–water partition coefficient (Wildman–Crippen LogP) is 5.89. The van der Waals surface area contributed by atoms with E-state index in [1.807, 2.05) is 0 Å². The van der Waals surface area contributed by atoms with Gasteiger partial charge in [0.25, 0.3) is 10.1 Å². The second-order valence-corrected chi connectivity index (χ2v) is 9.36. The summed E-state index contributed by atoms with van der Waals surface area (Å²) in [7, 11) is -5.10. The van der Waals surface area contributed by atoms with Crippen LogP contribution in [0.4, 0.5) is 0 Å². The van der Waals surface area contributed by atoms with Crippen LogP contribution in [0.15, 0.2) is 54.6 Å². The Morgan fingerprint density at radius 1 is 0.724 bits per heavy atom. The fourth-order valence-corrected chi connectivity index (χ4v) is 5.58. The number of benzene rings is 3. The number of hydrogen-bond acceptors (Lipinski definition) is 4. The second-order valence-electron chi connectivity index (χ2n) is 6.11. The summed E-state index contributed by atoms with van der Waals surface area (Å²) >= 11 is 24.5. The Kier molecular flexibility index (Phi) is 5.98. The zero-order chi connectivity index (χ0) is 21.6. The second kappa shape index (κ2) is 7.87. The lowest BCUT2D eigenvalue weighted by atomic mass is 9.83. The van der Waals surface area contributed by atoms with Crippen LogP contribution in [0.2, 0.25) is 20.1 Å². The summed E-state index contributed by atoms with van der Waals surface area (Å²) in [5, 5.41) is 20.1. The third-order valence-corrected chi connectivity index (χ3v) is 6.86. The van der Waals surface area contributed by atoms with Gasteiger partial charge in [-0.3, -0.25) is 4.55 Å². The lowest BCUT2D eigenvalue weighted by molar-refractivity contribution is 0.440. The first-order valence-corrected chi connectivity index (χ1v) is 10.8. The number of aromatic hydroxyl groups is 2. The van der Waals surface area contributed by atoms with E-state index >= 15 is 0 Å². The topological polar surface area (TPSA) is 94.8 Å². The molecule has 3 aromatic carbocycles. The van der Waals surface area contributed by atoms with Crippen LogP contribution < -0.4 is 0 Å². The number of para-hydroxylation sites is 1. The van der Waals surface area contributed by atoms with Gasteiger partial charge in [-0.2, -0.15) is 8.42 Å². The standard InChI is InChI=1S/C19H12Cl4O5S/c20-11-5-10(6-12(21)7-11)19(29(26,27)28,13-3-1-2-4-17(13)24)14-8-16(23)18(25)9-15(14)22/h1-9,24-25H,(H,26,27,28). The van der Waals surface area contributed by atoms with Gasteiger partial charge in [0, 0.05) is 32.3 Å². The van der Waals surface area contributed by atoms with Gasteiger partial charge in [0.2, 0.25) is 0 Å². The summed E-state index contributed by atoms with van der Waals surface area (Å²) in [6.07, 6.45) is 0. The summed E-state index contributed by atoms with van der Waals surface area (Å²) in [5.41, 5.74) is -0.531. The maximum absolute atomic E-state index is 13.0. The van der Waals surface area contributed by atoms with Crippen LogP contribution >= 0.6 is 46.4 Å². The number of phenols is 2. The van der Waals surface area contributed by atoms with Crippen LogP contribution in [0, 0.1) is 0 Å². The first-order chi connectivity index (χ1) is 13.5. The normalized spacial score (nSPS) is 13.8. The summed E-state index contributed by atoms with van der Waals surface area (Å²) in [4.78, 5) is 0. The molecule has 3 aromatic rings. The zero-order valence-electron chi connectivity index (χ0n) is 14.3. The molecule has 1 unspecified atom stereocenters. The van der Waals surface area contributed by atoms with Crippen molar-refractivity contribution < 1.29 is 23.2 Å². The SMILES string of the molecule is O=S(=O)(O)C(c1cc(Cl)cc(Cl)c1)(c1ccccc1O)c1cc(Cl)c(O)cc1Cl. The van der Waals surface area contributed by atoms with Crippen LogP contribution in [0.1, 0.15) is 16.7 Å². The highest BCUT2D eigenvalue weighted by Crippen LogP contribution is 2.51. The Hall–Kier alpha value is -1.67. The molecule has 5 nitrogen and oxygen atoms in total. The van der Waals surface area contributed by atoms with Crippen LogP contribution in [0.3, 0.4) is 0 Å². The van der Waals surface area contributed by atoms with E-state index in [9.17, 15) is 23.2 Å². The van der Waals surface area contributed by atoms with Crippen LogP contribution in [0.5, 0.6) is 11.5 Å². The molecule has 0 aliphatic rings. The molecule has 152 valence electrons. The van der Waals surface area contributed by atoms with Crippen molar-refractivity contribution in [3.05, 3.63) is 91.4 Å². The summed E-state index contributed by atoms with van der Waals surface area (Å²) in [6.45, 7) is 0. The Bertz CT molecular complexity index is 1190. The lowest BCUT2D eigenvalue weighted by Gasteiger charge is -2.34. The average molecular weight is 494 g/mol. The molecule has 0 heterocycles. The molecule has 0 saturated heterocycles. The summed E-state index contributed by atoms with van der Waals surface area (Å²) < 4.78 is 34.0. The van der Waals surface area contributed by atoms with Gasteiger partial charge in [0.05, 0.1) is 5.02 Å². The molecule has 3 rings (SSSR count). The van der Waals surface area contributed by atoms with Gasteiger partial charge in [-0.25, -0.2) is 0 Å². The first kappa shape index (κ1) is 22.0. The van der Waals surface area contributed by atoms with Gasteiger partial charge in [-0.1, -0.05) is 64.6 Å². The van der Waals surface area contributed by atoms with Crippen molar-refractivity contribution >= 4 is 56.5 Å². The molecular weight excluding hydrogens is 482 g/mol. The summed E-state index contributed by atoms with van der Waals surface area (Å²) in [5.74, 6) is -0.840. The molecule has 0 aromatic heterocycles. The van der Waals surface area contributed by atoms with Crippen molar-refractivity contribution in [3.8, 4) is 11.5 Å². The Morgan fingerprint density at radius 2 is 1.31 bits per heavy atom. The first-order valence-electron chi connectivity index (χ1n) is 7.89. The van der Waals surface area contributed by atoms with Crippen molar-refractivity contribution in [1.29, 1.82) is 0 Å². The molecule has 0 radical (unpaired) electrons. The Morgan fingerprint density at radius 3 is 1.86 bits per heavy atom. The van der Waals surface area contributed by atoms with Crippen molar-refractivity contribution in [3.63, 3.8) is 0 Å². The van der Waals surface area contributed by atoms with Gasteiger partial charge in [-0.15, -0.1) is 0 Å². The van der Waals surface area contributed by atoms with E-state index in [1.54, 1.807) is 0 Å². The van der Waals surface area contributed by atoms with E-state index in [-0.39, 0.29) is 36.8 Å². The largest absolute Gasteiger partial charge is 0.508 e. The maximum Gasteiger partial charge on any atom is 0.283 e. The number of phenolic OH excluding ortho intramolecular Hbond substituents is 2. The highest BCUT2D eigenvalue weighted by Gasteiger charge is 2.51. The Labute approximate surface area is 186 Å². The number of rotatable bonds is 4. The average Bonchev–Trinajstić information content (AvgIpc) is 2.59. The minimum atomic E-state index is -5.10. The number of halogens is 4. The molecule has 0 saturated carbocycles. The molecule has 0 spiro atoms. The molecule has 0 aliphatic heterocycles. The molecule has 0 aliphatic carbocycles. The molecular formula is C19H12Cl4O5S. The Balaban J connectivity index is 2.63. The van der Waals surface area contributed by atoms with E-state index in [0.29, 0.717) is 0 Å². The zero-order valence-corrected chi connectivity index (χ0v) is 18.1. The van der Waals surface area contributed by atoms with Crippen molar-refractivity contribution in [2.24, 2.45) is 0 Å². The van der Waals surface area contributed by atoms with Crippen molar-refractivity contribution in [1.82, 2.24) is 0 Å². The third-order valence-electron chi connectivity index (χ3n) is 4.36. The third kappa shape index (κ3) is 3.77. The predicted molar refractivity (Wildman–Crippen MR) is 114 cm³/mol. The fraction of sp³-hybridized carbons (Fsp3) is 0.0526. The molecule has 29 heavy (non-hydrogen) atoms. The maximum atomic E-state index is 13.0. The van der Waals surface area contributed by atoms with Crippen LogP contribution in [-0.2, 0) is 14.9 Å². The van der Waals surface area contributed by atoms with E-state index in [1.165, 1.54) is 42.5 Å². The molecule has 10 heteroatoms.